The summed E-state index contributed by atoms with van der Waals surface area (Å²) < 4.78 is 1.27. The second-order valence-corrected chi connectivity index (χ2v) is 5.65. The number of hydrogen-bond acceptors (Lipinski definition) is 0. The van der Waals surface area contributed by atoms with Crippen molar-refractivity contribution in [2.75, 3.05) is 4.43 Å². The highest BCUT2D eigenvalue weighted by Gasteiger charge is 1.94. The van der Waals surface area contributed by atoms with Crippen LogP contribution in [-0.2, 0) is 6.42 Å². The molecule has 0 atom stereocenters. The van der Waals surface area contributed by atoms with Gasteiger partial charge in [0.05, 0.1) is 0 Å². The van der Waals surface area contributed by atoms with Crippen LogP contribution in [0.15, 0.2) is 42.0 Å². The summed E-state index contributed by atoms with van der Waals surface area (Å²) in [5.41, 5.74) is 3.04. The Morgan fingerprint density at radius 2 is 1.88 bits per heavy atom. The SMILES string of the molecule is C/C(=C\CCCI)CCCCc1ccccc1. The largest absolute Gasteiger partial charge is 0.0864 e. The molecule has 1 heteroatoms. The quantitative estimate of drug-likeness (QED) is 0.251. The molecule has 0 saturated heterocycles. The summed E-state index contributed by atoms with van der Waals surface area (Å²) in [7, 11) is 0. The van der Waals surface area contributed by atoms with Crippen molar-refractivity contribution in [3.05, 3.63) is 47.5 Å². The molecule has 0 nitrogen and oxygen atoms in total. The first-order valence-corrected chi connectivity index (χ1v) is 8.11. The number of unbranched alkanes of at least 4 members (excludes halogenated alkanes) is 2. The van der Waals surface area contributed by atoms with Gasteiger partial charge in [0, 0.05) is 0 Å². The highest BCUT2D eigenvalue weighted by atomic mass is 127. The first kappa shape index (κ1) is 14.7. The minimum Gasteiger partial charge on any atom is -0.0864 e. The van der Waals surface area contributed by atoms with Gasteiger partial charge < -0.3 is 0 Å². The zero-order chi connectivity index (χ0) is 12.3. The van der Waals surface area contributed by atoms with Gasteiger partial charge in [-0.05, 0) is 55.4 Å². The Kier molecular flexibility index (Phi) is 8.41. The van der Waals surface area contributed by atoms with Crippen molar-refractivity contribution in [2.45, 2.75) is 45.4 Å². The molecule has 0 aliphatic carbocycles. The van der Waals surface area contributed by atoms with Crippen LogP contribution in [0.3, 0.4) is 0 Å². The normalized spacial score (nSPS) is 11.8. The summed E-state index contributed by atoms with van der Waals surface area (Å²) >= 11 is 2.45. The molecule has 1 aromatic rings. The monoisotopic (exact) mass is 342 g/mol. The van der Waals surface area contributed by atoms with Gasteiger partial charge in [0.2, 0.25) is 0 Å². The summed E-state index contributed by atoms with van der Waals surface area (Å²) in [6, 6.07) is 10.8. The Morgan fingerprint density at radius 1 is 1.12 bits per heavy atom. The Morgan fingerprint density at radius 3 is 2.59 bits per heavy atom. The molecule has 1 aromatic carbocycles. The van der Waals surface area contributed by atoms with Crippen molar-refractivity contribution in [2.24, 2.45) is 0 Å². The van der Waals surface area contributed by atoms with Gasteiger partial charge in [0.25, 0.3) is 0 Å². The molecule has 0 aliphatic rings. The zero-order valence-corrected chi connectivity index (χ0v) is 12.9. The zero-order valence-electron chi connectivity index (χ0n) is 10.8. The van der Waals surface area contributed by atoms with Gasteiger partial charge in [0.15, 0.2) is 0 Å². The first-order chi connectivity index (χ1) is 8.33. The number of halogens is 1. The fraction of sp³-hybridized carbons (Fsp3) is 0.500. The molecule has 0 heterocycles. The second-order valence-electron chi connectivity index (χ2n) is 4.57. The van der Waals surface area contributed by atoms with E-state index in [2.05, 4.69) is 65.9 Å². The van der Waals surface area contributed by atoms with Crippen molar-refractivity contribution in [1.82, 2.24) is 0 Å². The topological polar surface area (TPSA) is 0 Å². The highest BCUT2D eigenvalue weighted by molar-refractivity contribution is 14.1. The molecule has 0 amide bonds. The highest BCUT2D eigenvalue weighted by Crippen LogP contribution is 2.11. The van der Waals surface area contributed by atoms with Crippen molar-refractivity contribution < 1.29 is 0 Å². The van der Waals surface area contributed by atoms with E-state index in [0.717, 1.165) is 0 Å². The summed E-state index contributed by atoms with van der Waals surface area (Å²) in [4.78, 5) is 0. The second kappa shape index (κ2) is 9.69. The van der Waals surface area contributed by atoms with Gasteiger partial charge in [-0.2, -0.15) is 0 Å². The van der Waals surface area contributed by atoms with Gasteiger partial charge in [-0.15, -0.1) is 0 Å². The third-order valence-corrected chi connectivity index (χ3v) is 3.72. The van der Waals surface area contributed by atoms with Crippen LogP contribution in [0.4, 0.5) is 0 Å². The Labute approximate surface area is 120 Å². The average molecular weight is 342 g/mol. The minimum atomic E-state index is 1.22. The van der Waals surface area contributed by atoms with Crippen molar-refractivity contribution in [3.8, 4) is 0 Å². The average Bonchev–Trinajstić information content (AvgIpc) is 2.36. The molecule has 1 rings (SSSR count). The lowest BCUT2D eigenvalue weighted by Crippen LogP contribution is -1.86. The van der Waals surface area contributed by atoms with E-state index in [4.69, 9.17) is 0 Å². The van der Waals surface area contributed by atoms with Gasteiger partial charge in [-0.25, -0.2) is 0 Å². The summed E-state index contributed by atoms with van der Waals surface area (Å²) in [5, 5.41) is 0. The molecular weight excluding hydrogens is 319 g/mol. The van der Waals surface area contributed by atoms with Crippen LogP contribution in [0.5, 0.6) is 0 Å². The third kappa shape index (κ3) is 7.58. The Bertz CT molecular complexity index is 314. The maximum absolute atomic E-state index is 2.45. The van der Waals surface area contributed by atoms with E-state index >= 15 is 0 Å². The van der Waals surface area contributed by atoms with Crippen LogP contribution in [0.2, 0.25) is 0 Å². The van der Waals surface area contributed by atoms with Crippen LogP contribution < -0.4 is 0 Å². The van der Waals surface area contributed by atoms with E-state index in [9.17, 15) is 0 Å². The molecule has 0 aliphatic heterocycles. The van der Waals surface area contributed by atoms with E-state index in [1.807, 2.05) is 0 Å². The molecule has 17 heavy (non-hydrogen) atoms. The van der Waals surface area contributed by atoms with Gasteiger partial charge >= 0.3 is 0 Å². The fourth-order valence-electron chi connectivity index (χ4n) is 1.91. The molecule has 0 saturated carbocycles. The van der Waals surface area contributed by atoms with Crippen LogP contribution in [0, 0.1) is 0 Å². The van der Waals surface area contributed by atoms with E-state index in [1.54, 1.807) is 5.57 Å². The fourth-order valence-corrected chi connectivity index (χ4v) is 2.35. The lowest BCUT2D eigenvalue weighted by Gasteiger charge is -2.03. The van der Waals surface area contributed by atoms with E-state index in [1.165, 1.54) is 48.5 Å². The summed E-state index contributed by atoms with van der Waals surface area (Å²) in [6.45, 7) is 2.27. The summed E-state index contributed by atoms with van der Waals surface area (Å²) in [6.07, 6.45) is 10.1. The maximum atomic E-state index is 2.45. The van der Waals surface area contributed by atoms with Crippen molar-refractivity contribution >= 4 is 22.6 Å². The van der Waals surface area contributed by atoms with Crippen LogP contribution >= 0.6 is 22.6 Å². The molecule has 0 N–H and O–H groups in total. The first-order valence-electron chi connectivity index (χ1n) is 6.58. The number of benzene rings is 1. The van der Waals surface area contributed by atoms with Crippen LogP contribution in [-0.4, -0.2) is 4.43 Å². The maximum Gasteiger partial charge on any atom is -0.000178 e. The number of allylic oxidation sites excluding steroid dienone is 2. The molecule has 0 aromatic heterocycles. The Balaban J connectivity index is 2.09. The lowest BCUT2D eigenvalue weighted by atomic mass is 10.0. The molecule has 0 radical (unpaired) electrons. The molecule has 94 valence electrons. The van der Waals surface area contributed by atoms with Crippen LogP contribution in [0.1, 0.15) is 44.6 Å². The van der Waals surface area contributed by atoms with Crippen molar-refractivity contribution in [3.63, 3.8) is 0 Å². The third-order valence-electron chi connectivity index (χ3n) is 2.96. The standard InChI is InChI=1S/C16H23I/c1-15(10-7-8-14-17)9-5-6-13-16-11-3-2-4-12-16/h2-4,10-12H,5-9,13-14H2,1H3/b15-10+. The van der Waals surface area contributed by atoms with Crippen LogP contribution in [0.25, 0.3) is 0 Å². The van der Waals surface area contributed by atoms with E-state index in [-0.39, 0.29) is 0 Å². The number of aryl methyl sites for hydroxylation is 1. The number of alkyl halides is 1. The smallest absolute Gasteiger partial charge is 0.000178 e. The lowest BCUT2D eigenvalue weighted by molar-refractivity contribution is 0.726. The predicted molar refractivity (Wildman–Crippen MR) is 85.9 cm³/mol. The van der Waals surface area contributed by atoms with E-state index < -0.39 is 0 Å². The minimum absolute atomic E-state index is 1.22. The van der Waals surface area contributed by atoms with Gasteiger partial charge in [0.1, 0.15) is 0 Å². The number of hydrogen-bond donors (Lipinski definition) is 0. The Hall–Kier alpha value is -0.310. The van der Waals surface area contributed by atoms with Crippen molar-refractivity contribution in [1.29, 1.82) is 0 Å². The molecular formula is C16H23I. The number of rotatable bonds is 8. The van der Waals surface area contributed by atoms with E-state index in [0.29, 0.717) is 0 Å². The molecule has 0 fully saturated rings. The molecule has 0 bridgehead atoms. The molecule has 0 unspecified atom stereocenters. The predicted octanol–water partition coefficient (Wildman–Crippen LogP) is 5.56. The van der Waals surface area contributed by atoms with Gasteiger partial charge in [-0.1, -0.05) is 64.6 Å². The van der Waals surface area contributed by atoms with Gasteiger partial charge in [-0.3, -0.25) is 0 Å². The molecule has 0 spiro atoms. The summed E-state index contributed by atoms with van der Waals surface area (Å²) in [5.74, 6) is 0.